The summed E-state index contributed by atoms with van der Waals surface area (Å²) in [6.07, 6.45) is 3.43. The number of hydrogen-bond acceptors (Lipinski definition) is 8. The van der Waals surface area contributed by atoms with E-state index in [1.54, 1.807) is 6.92 Å². The molecular weight excluding hydrogens is 489 g/mol. The largest absolute Gasteiger partial charge is 0.463 e. The van der Waals surface area contributed by atoms with Gasteiger partial charge in [-0.1, -0.05) is 0 Å². The highest BCUT2D eigenvalue weighted by atomic mass is 19.1. The first-order chi connectivity index (χ1) is 17.8. The first-order valence-corrected chi connectivity index (χ1v) is 12.5. The summed E-state index contributed by atoms with van der Waals surface area (Å²) in [5.41, 5.74) is 0.827. The predicted molar refractivity (Wildman–Crippen MR) is 130 cm³/mol. The first kappa shape index (κ1) is 25.6. The van der Waals surface area contributed by atoms with Crippen molar-refractivity contribution < 1.29 is 32.2 Å². The van der Waals surface area contributed by atoms with Crippen molar-refractivity contribution in [1.29, 1.82) is 0 Å². The minimum Gasteiger partial charge on any atom is -0.463 e. The van der Waals surface area contributed by atoms with Gasteiger partial charge < -0.3 is 34.6 Å². The fourth-order valence-corrected chi connectivity index (χ4v) is 5.27. The van der Waals surface area contributed by atoms with Crippen LogP contribution in [0.15, 0.2) is 53.3 Å². The second-order valence-corrected chi connectivity index (χ2v) is 9.52. The maximum absolute atomic E-state index is 15.4. The van der Waals surface area contributed by atoms with E-state index >= 15 is 4.39 Å². The molecule has 1 aromatic carbocycles. The van der Waals surface area contributed by atoms with Gasteiger partial charge in [0.2, 0.25) is 0 Å². The zero-order valence-electron chi connectivity index (χ0n) is 20.9. The Balaban J connectivity index is 1.39. The summed E-state index contributed by atoms with van der Waals surface area (Å²) in [5, 5.41) is 6.30. The molecule has 1 spiro atoms. The third-order valence-electron chi connectivity index (χ3n) is 7.04. The average molecular weight is 521 g/mol. The Morgan fingerprint density at radius 3 is 2.76 bits per heavy atom. The lowest BCUT2D eigenvalue weighted by molar-refractivity contribution is -0.192. The molecule has 2 N–H and O–H groups in total. The highest BCUT2D eigenvalue weighted by molar-refractivity contribution is 5.90. The van der Waals surface area contributed by atoms with Gasteiger partial charge in [-0.05, 0) is 37.8 Å². The number of nitrogens with zero attached hydrogens (tertiary/aromatic N) is 2. The van der Waals surface area contributed by atoms with Gasteiger partial charge in [0.05, 0.1) is 30.6 Å². The minimum absolute atomic E-state index is 0.0208. The van der Waals surface area contributed by atoms with Crippen LogP contribution in [0.2, 0.25) is 0 Å². The molecule has 2 unspecified atom stereocenters. The van der Waals surface area contributed by atoms with E-state index in [2.05, 4.69) is 10.6 Å². The molecule has 4 aliphatic rings. The maximum atomic E-state index is 15.4. The third kappa shape index (κ3) is 5.07. The van der Waals surface area contributed by atoms with Crippen LogP contribution < -0.4 is 15.5 Å². The molecule has 2 atom stereocenters. The van der Waals surface area contributed by atoms with E-state index in [0.29, 0.717) is 44.7 Å². The number of halogens is 3. The number of esters is 1. The van der Waals surface area contributed by atoms with Gasteiger partial charge in [0.25, 0.3) is 0 Å². The summed E-state index contributed by atoms with van der Waals surface area (Å²) in [7, 11) is 1.86. The van der Waals surface area contributed by atoms with E-state index in [0.717, 1.165) is 12.1 Å². The molecule has 8 nitrogen and oxygen atoms in total. The van der Waals surface area contributed by atoms with Crippen molar-refractivity contribution in [3.63, 3.8) is 0 Å². The van der Waals surface area contributed by atoms with E-state index in [9.17, 15) is 13.6 Å². The van der Waals surface area contributed by atoms with Crippen molar-refractivity contribution in [2.45, 2.75) is 44.2 Å². The van der Waals surface area contributed by atoms with E-state index in [1.165, 1.54) is 23.2 Å². The van der Waals surface area contributed by atoms with Crippen molar-refractivity contribution in [2.75, 3.05) is 44.8 Å². The Hall–Kier alpha value is -3.02. The number of carbonyl (C=O) groups is 1. The van der Waals surface area contributed by atoms with Gasteiger partial charge in [-0.3, -0.25) is 0 Å². The van der Waals surface area contributed by atoms with Crippen LogP contribution in [0.25, 0.3) is 0 Å². The lowest BCUT2D eigenvalue weighted by atomic mass is 9.95. The van der Waals surface area contributed by atoms with E-state index in [-0.39, 0.29) is 36.2 Å². The molecule has 1 aromatic rings. The molecule has 37 heavy (non-hydrogen) atoms. The Morgan fingerprint density at radius 2 is 2.05 bits per heavy atom. The molecule has 2 saturated heterocycles. The van der Waals surface area contributed by atoms with Gasteiger partial charge in [0.15, 0.2) is 11.6 Å². The second-order valence-electron chi connectivity index (χ2n) is 9.52. The van der Waals surface area contributed by atoms with Crippen LogP contribution >= 0.6 is 0 Å². The third-order valence-corrected chi connectivity index (χ3v) is 7.04. The molecule has 0 bridgehead atoms. The summed E-state index contributed by atoms with van der Waals surface area (Å²) in [4.78, 5) is 15.9. The van der Waals surface area contributed by atoms with Crippen molar-refractivity contribution in [3.05, 3.63) is 64.9 Å². The number of rotatable bonds is 6. The minimum atomic E-state index is -0.800. The van der Waals surface area contributed by atoms with Gasteiger partial charge in [0, 0.05) is 51.2 Å². The molecular formula is C26H31F3N4O4. The molecule has 0 saturated carbocycles. The monoisotopic (exact) mass is 520 g/mol. The Bertz CT molecular complexity index is 1150. The SMILES string of the molecule is CCOC(=O)C1=CN(c2ccc(F)cc2F)C2NC(N3CCC4(CC3)OCC(CNC)O4)=C(F)C=C2C1. The molecule has 2 fully saturated rings. The van der Waals surface area contributed by atoms with Crippen LogP contribution in [0.1, 0.15) is 26.2 Å². The summed E-state index contributed by atoms with van der Waals surface area (Å²) in [6, 6.07) is 3.21. The number of hydrogen-bond donors (Lipinski definition) is 2. The highest BCUT2D eigenvalue weighted by Gasteiger charge is 2.45. The number of fused-ring (bicyclic) bond motifs is 1. The summed E-state index contributed by atoms with van der Waals surface area (Å²) in [5.74, 6) is -2.97. The van der Waals surface area contributed by atoms with E-state index in [1.807, 2.05) is 11.9 Å². The van der Waals surface area contributed by atoms with Crippen molar-refractivity contribution in [3.8, 4) is 0 Å². The predicted octanol–water partition coefficient (Wildman–Crippen LogP) is 3.04. The Labute approximate surface area is 213 Å². The molecule has 5 rings (SSSR count). The number of likely N-dealkylation sites (tertiary alicyclic amines) is 1. The van der Waals surface area contributed by atoms with Gasteiger partial charge in [0.1, 0.15) is 23.6 Å². The lowest BCUT2D eigenvalue weighted by Gasteiger charge is -2.45. The number of likely N-dealkylation sites (N-methyl/N-ethyl adjacent to an activating group) is 1. The number of nitrogens with one attached hydrogen (secondary N) is 2. The number of anilines is 1. The molecule has 0 radical (unpaired) electrons. The zero-order valence-corrected chi connectivity index (χ0v) is 20.9. The molecule has 0 aliphatic carbocycles. The van der Waals surface area contributed by atoms with Crippen LogP contribution in [-0.4, -0.2) is 68.8 Å². The smallest absolute Gasteiger partial charge is 0.335 e. The molecule has 0 amide bonds. The number of allylic oxidation sites excluding steroid dienone is 2. The number of benzene rings is 1. The average Bonchev–Trinajstić information content (AvgIpc) is 3.26. The summed E-state index contributed by atoms with van der Waals surface area (Å²) < 4.78 is 61.2. The summed E-state index contributed by atoms with van der Waals surface area (Å²) >= 11 is 0. The van der Waals surface area contributed by atoms with Crippen molar-refractivity contribution in [2.24, 2.45) is 0 Å². The molecule has 200 valence electrons. The standard InChI is InChI=1S/C26H31F3N4O4/c1-3-35-25(34)17-10-16-11-21(29)24(31-23(16)33(14-17)22-5-4-18(27)12-20(22)28)32-8-6-26(7-9-32)36-15-19(37-26)13-30-2/h4-5,11-12,14,19,23,30-31H,3,6-10,13,15H2,1-2H3. The highest BCUT2D eigenvalue weighted by Crippen LogP contribution is 2.39. The van der Waals surface area contributed by atoms with Gasteiger partial charge in [-0.2, -0.15) is 0 Å². The maximum Gasteiger partial charge on any atom is 0.335 e. The molecule has 4 aliphatic heterocycles. The lowest BCUT2D eigenvalue weighted by Crippen LogP contribution is -2.54. The van der Waals surface area contributed by atoms with Gasteiger partial charge in [-0.15, -0.1) is 0 Å². The topological polar surface area (TPSA) is 75.3 Å². The van der Waals surface area contributed by atoms with Gasteiger partial charge >= 0.3 is 5.97 Å². The number of ether oxygens (including phenoxy) is 3. The van der Waals surface area contributed by atoms with Crippen molar-refractivity contribution in [1.82, 2.24) is 15.5 Å². The van der Waals surface area contributed by atoms with Crippen molar-refractivity contribution >= 4 is 11.7 Å². The molecule has 11 heteroatoms. The van der Waals surface area contributed by atoms with Crippen LogP contribution in [0.3, 0.4) is 0 Å². The van der Waals surface area contributed by atoms with E-state index in [4.69, 9.17) is 14.2 Å². The fraction of sp³-hybridized carbons (Fsp3) is 0.500. The number of carbonyl (C=O) groups excluding carboxylic acids is 1. The Kier molecular flexibility index (Phi) is 7.19. The fourth-order valence-electron chi connectivity index (χ4n) is 5.27. The first-order valence-electron chi connectivity index (χ1n) is 12.5. The zero-order chi connectivity index (χ0) is 26.2. The molecule has 4 heterocycles. The quantitative estimate of drug-likeness (QED) is 0.555. The number of dihydropyridines is 1. The Morgan fingerprint density at radius 1 is 1.27 bits per heavy atom. The van der Waals surface area contributed by atoms with Crippen LogP contribution in [-0.2, 0) is 19.0 Å². The van der Waals surface area contributed by atoms with Crippen LogP contribution in [0.5, 0.6) is 0 Å². The van der Waals surface area contributed by atoms with Crippen LogP contribution in [0.4, 0.5) is 18.9 Å². The summed E-state index contributed by atoms with van der Waals surface area (Å²) in [6.45, 7) is 4.04. The molecule has 0 aromatic heterocycles. The second kappa shape index (κ2) is 10.4. The van der Waals surface area contributed by atoms with Gasteiger partial charge in [-0.25, -0.2) is 18.0 Å². The normalized spacial score (nSPS) is 25.0. The van der Waals surface area contributed by atoms with Crippen LogP contribution in [0, 0.1) is 11.6 Å². The number of piperidine rings is 1. The van der Waals surface area contributed by atoms with E-state index < -0.39 is 35.4 Å².